The highest BCUT2D eigenvalue weighted by Crippen LogP contribution is 2.37. The minimum absolute atomic E-state index is 0.108. The maximum Gasteiger partial charge on any atom is 0.302 e. The summed E-state index contributed by atoms with van der Waals surface area (Å²) < 4.78 is 5.34. The molecule has 0 aliphatic heterocycles. The monoisotopic (exact) mass is 308 g/mol. The van der Waals surface area contributed by atoms with E-state index in [2.05, 4.69) is 6.92 Å². The molecule has 0 aromatic heterocycles. The largest absolute Gasteiger partial charge is 0.463 e. The molecule has 0 amide bonds. The quantitative estimate of drug-likeness (QED) is 0.548. The zero-order valence-corrected chi connectivity index (χ0v) is 14.8. The molecule has 2 nitrogen and oxygen atoms in total. The molecule has 0 unspecified atom stereocenters. The van der Waals surface area contributed by atoms with Gasteiger partial charge >= 0.3 is 5.97 Å². The summed E-state index contributed by atoms with van der Waals surface area (Å²) in [5.41, 5.74) is 0. The van der Waals surface area contributed by atoms with Gasteiger partial charge in [0, 0.05) is 6.92 Å². The third-order valence-corrected chi connectivity index (χ3v) is 6.04. The van der Waals surface area contributed by atoms with Crippen LogP contribution >= 0.6 is 0 Å². The van der Waals surface area contributed by atoms with Gasteiger partial charge in [0.05, 0.1) is 0 Å². The Bertz CT molecular complexity index is 310. The summed E-state index contributed by atoms with van der Waals surface area (Å²) in [6.45, 7) is 3.84. The summed E-state index contributed by atoms with van der Waals surface area (Å²) >= 11 is 0. The molecule has 0 radical (unpaired) electrons. The van der Waals surface area contributed by atoms with E-state index in [1.54, 1.807) is 0 Å². The van der Waals surface area contributed by atoms with Crippen molar-refractivity contribution in [1.82, 2.24) is 0 Å². The SMILES string of the molecule is CCCCC1CCC(CCC2CCC(OC(C)=O)CC2)CC1. The number of unbranched alkanes of at least 4 members (excludes halogenated alkanes) is 1. The molecule has 0 spiro atoms. The molecule has 0 atom stereocenters. The minimum atomic E-state index is -0.108. The lowest BCUT2D eigenvalue weighted by atomic mass is 9.76. The third-order valence-electron chi connectivity index (χ3n) is 6.04. The zero-order valence-electron chi connectivity index (χ0n) is 14.8. The number of hydrogen-bond donors (Lipinski definition) is 0. The van der Waals surface area contributed by atoms with Gasteiger partial charge in [-0.15, -0.1) is 0 Å². The summed E-state index contributed by atoms with van der Waals surface area (Å²) in [6, 6.07) is 0. The van der Waals surface area contributed by atoms with Gasteiger partial charge in [-0.2, -0.15) is 0 Å². The Kier molecular flexibility index (Phi) is 7.75. The van der Waals surface area contributed by atoms with Crippen LogP contribution in [0.4, 0.5) is 0 Å². The van der Waals surface area contributed by atoms with Crippen LogP contribution in [0, 0.1) is 17.8 Å². The summed E-state index contributed by atoms with van der Waals surface area (Å²) in [5.74, 6) is 2.83. The van der Waals surface area contributed by atoms with Crippen LogP contribution < -0.4 is 0 Å². The molecule has 0 N–H and O–H groups in total. The van der Waals surface area contributed by atoms with Crippen molar-refractivity contribution in [2.24, 2.45) is 17.8 Å². The summed E-state index contributed by atoms with van der Waals surface area (Å²) in [7, 11) is 0. The van der Waals surface area contributed by atoms with E-state index < -0.39 is 0 Å². The smallest absolute Gasteiger partial charge is 0.302 e. The number of ether oxygens (including phenoxy) is 1. The van der Waals surface area contributed by atoms with Crippen LogP contribution in [0.3, 0.4) is 0 Å². The Morgan fingerprint density at radius 3 is 1.73 bits per heavy atom. The topological polar surface area (TPSA) is 26.3 Å². The van der Waals surface area contributed by atoms with Crippen molar-refractivity contribution in [2.45, 2.75) is 103 Å². The van der Waals surface area contributed by atoms with Gasteiger partial charge in [-0.3, -0.25) is 4.79 Å². The highest BCUT2D eigenvalue weighted by Gasteiger charge is 2.25. The van der Waals surface area contributed by atoms with Gasteiger partial charge in [0.2, 0.25) is 0 Å². The number of esters is 1. The molecule has 2 aliphatic rings. The highest BCUT2D eigenvalue weighted by molar-refractivity contribution is 5.66. The predicted molar refractivity (Wildman–Crippen MR) is 91.7 cm³/mol. The van der Waals surface area contributed by atoms with E-state index in [-0.39, 0.29) is 12.1 Å². The average Bonchev–Trinajstić information content (AvgIpc) is 2.53. The predicted octanol–water partition coefficient (Wildman–Crippen LogP) is 5.89. The second kappa shape index (κ2) is 9.57. The van der Waals surface area contributed by atoms with Gasteiger partial charge in [-0.05, 0) is 43.4 Å². The van der Waals surface area contributed by atoms with Crippen LogP contribution in [0.1, 0.15) is 97.3 Å². The molecule has 0 saturated heterocycles. The van der Waals surface area contributed by atoms with E-state index in [0.29, 0.717) is 0 Å². The fraction of sp³-hybridized carbons (Fsp3) is 0.950. The van der Waals surface area contributed by atoms with Gasteiger partial charge in [-0.1, -0.05) is 64.7 Å². The number of carbonyl (C=O) groups is 1. The molecule has 0 heterocycles. The Labute approximate surface area is 137 Å². The molecular formula is C20H36O2. The van der Waals surface area contributed by atoms with Crippen molar-refractivity contribution in [3.8, 4) is 0 Å². The van der Waals surface area contributed by atoms with Crippen LogP contribution in [-0.4, -0.2) is 12.1 Å². The number of rotatable bonds is 7. The second-order valence-electron chi connectivity index (χ2n) is 7.86. The molecule has 0 aromatic carbocycles. The first-order valence-electron chi connectivity index (χ1n) is 9.84. The van der Waals surface area contributed by atoms with Crippen molar-refractivity contribution in [2.75, 3.05) is 0 Å². The first-order chi connectivity index (χ1) is 10.7. The lowest BCUT2D eigenvalue weighted by Crippen LogP contribution is -2.24. The Morgan fingerprint density at radius 2 is 1.27 bits per heavy atom. The minimum Gasteiger partial charge on any atom is -0.463 e. The van der Waals surface area contributed by atoms with E-state index in [1.807, 2.05) is 0 Å². The first-order valence-corrected chi connectivity index (χ1v) is 9.84. The highest BCUT2D eigenvalue weighted by atomic mass is 16.5. The van der Waals surface area contributed by atoms with E-state index in [9.17, 15) is 4.79 Å². The van der Waals surface area contributed by atoms with Crippen molar-refractivity contribution in [3.05, 3.63) is 0 Å². The van der Waals surface area contributed by atoms with Gasteiger partial charge in [0.1, 0.15) is 6.10 Å². The van der Waals surface area contributed by atoms with Crippen LogP contribution in [-0.2, 0) is 9.53 Å². The van der Waals surface area contributed by atoms with Gasteiger partial charge in [0.25, 0.3) is 0 Å². The molecule has 2 heteroatoms. The van der Waals surface area contributed by atoms with Crippen LogP contribution in [0.25, 0.3) is 0 Å². The summed E-state index contributed by atoms with van der Waals surface area (Å²) in [5, 5.41) is 0. The van der Waals surface area contributed by atoms with Gasteiger partial charge < -0.3 is 4.74 Å². The molecule has 2 fully saturated rings. The standard InChI is InChI=1S/C20H36O2/c1-3-4-5-17-6-8-18(9-7-17)10-11-19-12-14-20(15-13-19)22-16(2)21/h17-20H,3-15H2,1-2H3. The van der Waals surface area contributed by atoms with Crippen LogP contribution in [0.15, 0.2) is 0 Å². The first kappa shape index (κ1) is 17.8. The van der Waals surface area contributed by atoms with Crippen molar-refractivity contribution in [1.29, 1.82) is 0 Å². The van der Waals surface area contributed by atoms with E-state index >= 15 is 0 Å². The maximum absolute atomic E-state index is 11.0. The van der Waals surface area contributed by atoms with Crippen molar-refractivity contribution < 1.29 is 9.53 Å². The molecule has 2 aliphatic carbocycles. The molecule has 22 heavy (non-hydrogen) atoms. The van der Waals surface area contributed by atoms with Crippen molar-refractivity contribution in [3.63, 3.8) is 0 Å². The van der Waals surface area contributed by atoms with Crippen molar-refractivity contribution >= 4 is 5.97 Å². The molecule has 0 bridgehead atoms. The zero-order chi connectivity index (χ0) is 15.8. The lowest BCUT2D eigenvalue weighted by Gasteiger charge is -2.31. The number of hydrogen-bond acceptors (Lipinski definition) is 2. The molecular weight excluding hydrogens is 272 g/mol. The summed E-state index contributed by atoms with van der Waals surface area (Å²) in [4.78, 5) is 11.0. The normalized spacial score (nSPS) is 32.6. The van der Waals surface area contributed by atoms with Gasteiger partial charge in [-0.25, -0.2) is 0 Å². The molecule has 0 aromatic rings. The van der Waals surface area contributed by atoms with E-state index in [1.165, 1.54) is 77.6 Å². The Hall–Kier alpha value is -0.530. The lowest BCUT2D eigenvalue weighted by molar-refractivity contribution is -0.148. The Balaban J connectivity index is 1.55. The van der Waals surface area contributed by atoms with Gasteiger partial charge in [0.15, 0.2) is 0 Å². The van der Waals surface area contributed by atoms with Crippen LogP contribution in [0.2, 0.25) is 0 Å². The fourth-order valence-corrected chi connectivity index (χ4v) is 4.55. The summed E-state index contributed by atoms with van der Waals surface area (Å²) in [6.07, 6.45) is 18.0. The van der Waals surface area contributed by atoms with E-state index in [0.717, 1.165) is 30.6 Å². The molecule has 2 saturated carbocycles. The molecule has 128 valence electrons. The average molecular weight is 309 g/mol. The number of carbonyl (C=O) groups excluding carboxylic acids is 1. The third kappa shape index (κ3) is 6.30. The van der Waals surface area contributed by atoms with Crippen LogP contribution in [0.5, 0.6) is 0 Å². The maximum atomic E-state index is 11.0. The van der Waals surface area contributed by atoms with E-state index in [4.69, 9.17) is 4.74 Å². The molecule has 2 rings (SSSR count). The second-order valence-corrected chi connectivity index (χ2v) is 7.86. The Morgan fingerprint density at radius 1 is 0.818 bits per heavy atom. The fourth-order valence-electron chi connectivity index (χ4n) is 4.55.